The van der Waals surface area contributed by atoms with Crippen LogP contribution >= 0.6 is 23.8 Å². The van der Waals surface area contributed by atoms with Crippen molar-refractivity contribution in [3.8, 4) is 0 Å². The molecule has 0 atom stereocenters. The fraction of sp³-hybridized carbons (Fsp3) is 0.417. The van der Waals surface area contributed by atoms with Crippen LogP contribution in [0, 0.1) is 5.82 Å². The van der Waals surface area contributed by atoms with Gasteiger partial charge in [0.1, 0.15) is 5.82 Å². The quantitative estimate of drug-likeness (QED) is 0.809. The molecule has 0 amide bonds. The smallest absolute Gasteiger partial charge is 0.146 e. The molecule has 0 unspecified atom stereocenters. The van der Waals surface area contributed by atoms with Crippen molar-refractivity contribution in [1.82, 2.24) is 4.90 Å². The second-order valence-corrected chi connectivity index (χ2v) is 4.82. The Hall–Kier alpha value is -0.710. The van der Waals surface area contributed by atoms with Gasteiger partial charge in [0.05, 0.1) is 10.0 Å². The lowest BCUT2D eigenvalue weighted by Crippen LogP contribution is -2.33. The Morgan fingerprint density at radius 1 is 1.53 bits per heavy atom. The summed E-state index contributed by atoms with van der Waals surface area (Å²) in [4.78, 5) is 2.43. The van der Waals surface area contributed by atoms with Gasteiger partial charge in [0, 0.05) is 18.7 Å². The van der Waals surface area contributed by atoms with Crippen molar-refractivity contribution in [3.05, 3.63) is 34.6 Å². The summed E-state index contributed by atoms with van der Waals surface area (Å²) in [5, 5.41) is 0.147. The summed E-state index contributed by atoms with van der Waals surface area (Å²) >= 11 is 10.6. The van der Waals surface area contributed by atoms with Crippen LogP contribution in [0.3, 0.4) is 0 Å². The van der Waals surface area contributed by atoms with Gasteiger partial charge in [0.25, 0.3) is 0 Å². The van der Waals surface area contributed by atoms with Gasteiger partial charge in [-0.1, -0.05) is 42.9 Å². The van der Waals surface area contributed by atoms with Crippen molar-refractivity contribution in [2.45, 2.75) is 19.9 Å². The molecule has 0 aliphatic rings. The lowest BCUT2D eigenvalue weighted by atomic mass is 10.2. The monoisotopic (exact) mass is 274 g/mol. The predicted octanol–water partition coefficient (Wildman–Crippen LogP) is 2.98. The van der Waals surface area contributed by atoms with E-state index in [2.05, 4.69) is 6.92 Å². The van der Waals surface area contributed by atoms with Gasteiger partial charge in [-0.15, -0.1) is 0 Å². The highest BCUT2D eigenvalue weighted by Crippen LogP contribution is 2.19. The number of nitrogens with two attached hydrogens (primary N) is 1. The van der Waals surface area contributed by atoms with Crippen molar-refractivity contribution < 1.29 is 4.39 Å². The van der Waals surface area contributed by atoms with Crippen LogP contribution < -0.4 is 5.73 Å². The summed E-state index contributed by atoms with van der Waals surface area (Å²) in [6, 6.07) is 5.01. The summed E-state index contributed by atoms with van der Waals surface area (Å²) in [6.07, 6.45) is 0.963. The molecular formula is C12H16ClFN2S. The molecule has 0 aliphatic heterocycles. The first kappa shape index (κ1) is 14.4. The SMILES string of the molecule is CCCN(CC(N)=S)Cc1cccc(Cl)c1F. The van der Waals surface area contributed by atoms with E-state index >= 15 is 0 Å². The highest BCUT2D eigenvalue weighted by molar-refractivity contribution is 7.80. The van der Waals surface area contributed by atoms with E-state index in [4.69, 9.17) is 29.6 Å². The molecule has 94 valence electrons. The van der Waals surface area contributed by atoms with Gasteiger partial charge in [-0.25, -0.2) is 4.39 Å². The molecular weight excluding hydrogens is 259 g/mol. The maximum absolute atomic E-state index is 13.7. The van der Waals surface area contributed by atoms with Crippen LogP contribution in [0.15, 0.2) is 18.2 Å². The topological polar surface area (TPSA) is 29.3 Å². The summed E-state index contributed by atoms with van der Waals surface area (Å²) in [5.41, 5.74) is 6.09. The second kappa shape index (κ2) is 6.89. The first-order valence-electron chi connectivity index (χ1n) is 5.48. The Kier molecular flexibility index (Phi) is 5.82. The number of rotatable bonds is 6. The van der Waals surface area contributed by atoms with Gasteiger partial charge >= 0.3 is 0 Å². The summed E-state index contributed by atoms with van der Waals surface area (Å²) in [5.74, 6) is -0.363. The number of hydrogen-bond donors (Lipinski definition) is 1. The Morgan fingerprint density at radius 2 is 2.24 bits per heavy atom. The van der Waals surface area contributed by atoms with Crippen LogP contribution in [0.1, 0.15) is 18.9 Å². The van der Waals surface area contributed by atoms with E-state index in [1.807, 2.05) is 4.90 Å². The van der Waals surface area contributed by atoms with Crippen LogP contribution in [0.2, 0.25) is 5.02 Å². The van der Waals surface area contributed by atoms with Gasteiger partial charge in [-0.2, -0.15) is 0 Å². The molecule has 17 heavy (non-hydrogen) atoms. The average molecular weight is 275 g/mol. The zero-order chi connectivity index (χ0) is 12.8. The van der Waals surface area contributed by atoms with Gasteiger partial charge in [-0.05, 0) is 19.0 Å². The lowest BCUT2D eigenvalue weighted by Gasteiger charge is -2.21. The molecule has 0 saturated carbocycles. The second-order valence-electron chi connectivity index (χ2n) is 3.89. The Labute approximate surface area is 112 Å². The largest absolute Gasteiger partial charge is 0.392 e. The normalized spacial score (nSPS) is 10.8. The highest BCUT2D eigenvalue weighted by Gasteiger charge is 2.11. The molecule has 0 radical (unpaired) electrons. The molecule has 0 aromatic heterocycles. The van der Waals surface area contributed by atoms with E-state index in [0.717, 1.165) is 13.0 Å². The van der Waals surface area contributed by atoms with Gasteiger partial charge < -0.3 is 5.73 Å². The summed E-state index contributed by atoms with van der Waals surface area (Å²) in [7, 11) is 0. The van der Waals surface area contributed by atoms with Gasteiger partial charge in [-0.3, -0.25) is 4.90 Å². The number of halogens is 2. The first-order valence-corrected chi connectivity index (χ1v) is 6.26. The Bertz CT molecular complexity index is 398. The highest BCUT2D eigenvalue weighted by atomic mass is 35.5. The van der Waals surface area contributed by atoms with Crippen molar-refractivity contribution in [2.75, 3.05) is 13.1 Å². The van der Waals surface area contributed by atoms with E-state index < -0.39 is 0 Å². The average Bonchev–Trinajstić information content (AvgIpc) is 2.24. The molecule has 1 aromatic carbocycles. The minimum atomic E-state index is -0.363. The number of benzene rings is 1. The number of thiocarbonyl (C=S) groups is 1. The Balaban J connectivity index is 2.78. The van der Waals surface area contributed by atoms with Crippen LogP contribution in [-0.2, 0) is 6.54 Å². The first-order chi connectivity index (χ1) is 8.04. The molecule has 0 spiro atoms. The molecule has 2 N–H and O–H groups in total. The molecule has 5 heteroatoms. The van der Waals surface area contributed by atoms with Crippen LogP contribution in [0.25, 0.3) is 0 Å². The Morgan fingerprint density at radius 3 is 2.82 bits per heavy atom. The fourth-order valence-electron chi connectivity index (χ4n) is 1.66. The van der Waals surface area contributed by atoms with E-state index in [-0.39, 0.29) is 10.8 Å². The molecule has 1 aromatic rings. The van der Waals surface area contributed by atoms with E-state index in [1.54, 1.807) is 12.1 Å². The minimum absolute atomic E-state index is 0.147. The third kappa shape index (κ3) is 4.58. The molecule has 0 aliphatic carbocycles. The number of hydrogen-bond acceptors (Lipinski definition) is 2. The fourth-order valence-corrected chi connectivity index (χ4v) is 2.04. The van der Waals surface area contributed by atoms with Crippen LogP contribution in [0.5, 0.6) is 0 Å². The van der Waals surface area contributed by atoms with Gasteiger partial charge in [0.2, 0.25) is 0 Å². The lowest BCUT2D eigenvalue weighted by molar-refractivity contribution is 0.299. The third-order valence-electron chi connectivity index (χ3n) is 2.34. The van der Waals surface area contributed by atoms with Crippen molar-refractivity contribution in [1.29, 1.82) is 0 Å². The van der Waals surface area contributed by atoms with E-state index in [1.165, 1.54) is 6.07 Å². The van der Waals surface area contributed by atoms with Crippen molar-refractivity contribution >= 4 is 28.8 Å². The molecule has 1 rings (SSSR count). The standard InChI is InChI=1S/C12H16ClFN2S/c1-2-6-16(8-11(15)17)7-9-4-3-5-10(13)12(9)14/h3-5H,2,6-8H2,1H3,(H2,15,17). The maximum Gasteiger partial charge on any atom is 0.146 e. The molecule has 0 heterocycles. The zero-order valence-electron chi connectivity index (χ0n) is 9.75. The van der Waals surface area contributed by atoms with Crippen molar-refractivity contribution in [3.63, 3.8) is 0 Å². The van der Waals surface area contributed by atoms with Gasteiger partial charge in [0.15, 0.2) is 0 Å². The molecule has 0 fully saturated rings. The molecule has 2 nitrogen and oxygen atoms in total. The molecule has 0 saturated heterocycles. The minimum Gasteiger partial charge on any atom is -0.392 e. The predicted molar refractivity (Wildman–Crippen MR) is 73.8 cm³/mol. The van der Waals surface area contributed by atoms with E-state index in [9.17, 15) is 4.39 Å². The van der Waals surface area contributed by atoms with E-state index in [0.29, 0.717) is 23.6 Å². The zero-order valence-corrected chi connectivity index (χ0v) is 11.3. The van der Waals surface area contributed by atoms with Crippen molar-refractivity contribution in [2.24, 2.45) is 5.73 Å². The third-order valence-corrected chi connectivity index (χ3v) is 2.77. The number of nitrogens with zero attached hydrogens (tertiary/aromatic N) is 1. The van der Waals surface area contributed by atoms with Crippen LogP contribution in [0.4, 0.5) is 4.39 Å². The van der Waals surface area contributed by atoms with Crippen LogP contribution in [-0.4, -0.2) is 23.0 Å². The summed E-state index contributed by atoms with van der Waals surface area (Å²) < 4.78 is 13.7. The summed E-state index contributed by atoms with van der Waals surface area (Å²) in [6.45, 7) is 3.84. The molecule has 0 bridgehead atoms. The maximum atomic E-state index is 13.7.